The molecule has 178 valence electrons. The number of imidazole rings is 1. The summed E-state index contributed by atoms with van der Waals surface area (Å²) in [5, 5.41) is 1.01. The average Bonchev–Trinajstić information content (AvgIpc) is 3.51. The molecule has 4 heterocycles. The highest BCUT2D eigenvalue weighted by Crippen LogP contribution is 2.34. The van der Waals surface area contributed by atoms with Gasteiger partial charge in [-0.1, -0.05) is 18.2 Å². The van der Waals surface area contributed by atoms with Crippen LogP contribution in [0.15, 0.2) is 66.0 Å². The molecule has 3 aromatic heterocycles. The van der Waals surface area contributed by atoms with E-state index in [2.05, 4.69) is 24.8 Å². The summed E-state index contributed by atoms with van der Waals surface area (Å²) in [6.07, 6.45) is 6.13. The molecule has 1 aliphatic rings. The van der Waals surface area contributed by atoms with E-state index in [4.69, 9.17) is 10.7 Å². The second-order valence-corrected chi connectivity index (χ2v) is 11.2. The Morgan fingerprint density at radius 2 is 1.83 bits per heavy atom. The third-order valence-corrected chi connectivity index (χ3v) is 7.95. The monoisotopic (exact) mass is 487 g/mol. The molecule has 10 heteroatoms. The summed E-state index contributed by atoms with van der Waals surface area (Å²) < 4.78 is 23.9. The van der Waals surface area contributed by atoms with Gasteiger partial charge >= 0.3 is 0 Å². The van der Waals surface area contributed by atoms with Crippen molar-refractivity contribution in [2.75, 3.05) is 24.2 Å². The van der Waals surface area contributed by atoms with E-state index in [1.165, 1.54) is 6.26 Å². The standard InChI is InChI=1S/C25H25N7O2S/c1-35(33,34)18-4-2-3-16(13-18)17-5-6-20-21(14-17)31-24(30-20)25(26)8-11-32(12-9-25)23-19-7-10-27-22(19)28-15-29-23/h2-7,10,13-15H,8-9,11-12,26H2,1H3,(H,30,31)(H,27,28,29). The minimum Gasteiger partial charge on any atom is -0.356 e. The van der Waals surface area contributed by atoms with Crippen LogP contribution in [0.25, 0.3) is 33.2 Å². The van der Waals surface area contributed by atoms with Crippen LogP contribution in [0.5, 0.6) is 0 Å². The lowest BCUT2D eigenvalue weighted by molar-refractivity contribution is 0.327. The minimum absolute atomic E-state index is 0.297. The normalized spacial score (nSPS) is 16.2. The molecule has 0 saturated carbocycles. The number of nitrogens with zero attached hydrogens (tertiary/aromatic N) is 4. The first-order chi connectivity index (χ1) is 16.8. The number of aromatic amines is 2. The van der Waals surface area contributed by atoms with Crippen molar-refractivity contribution in [3.05, 3.63) is 66.9 Å². The molecule has 2 aromatic carbocycles. The molecule has 0 atom stereocenters. The maximum absolute atomic E-state index is 12.0. The number of rotatable bonds is 4. The van der Waals surface area contributed by atoms with Gasteiger partial charge in [0.25, 0.3) is 0 Å². The maximum atomic E-state index is 12.0. The highest BCUT2D eigenvalue weighted by atomic mass is 32.2. The number of hydrogen-bond donors (Lipinski definition) is 3. The van der Waals surface area contributed by atoms with Crippen molar-refractivity contribution in [1.82, 2.24) is 24.9 Å². The molecule has 0 unspecified atom stereocenters. The van der Waals surface area contributed by atoms with Crippen molar-refractivity contribution < 1.29 is 8.42 Å². The molecule has 4 N–H and O–H groups in total. The summed E-state index contributed by atoms with van der Waals surface area (Å²) in [4.78, 5) is 22.7. The predicted molar refractivity (Wildman–Crippen MR) is 136 cm³/mol. The molecular formula is C25H25N7O2S. The van der Waals surface area contributed by atoms with Gasteiger partial charge in [0, 0.05) is 25.5 Å². The van der Waals surface area contributed by atoms with Crippen LogP contribution in [-0.2, 0) is 15.4 Å². The maximum Gasteiger partial charge on any atom is 0.175 e. The number of piperidine rings is 1. The van der Waals surface area contributed by atoms with E-state index in [9.17, 15) is 8.42 Å². The second-order valence-electron chi connectivity index (χ2n) is 9.20. The Balaban J connectivity index is 1.27. The summed E-state index contributed by atoms with van der Waals surface area (Å²) >= 11 is 0. The van der Waals surface area contributed by atoms with Crippen LogP contribution in [-0.4, -0.2) is 52.7 Å². The summed E-state index contributed by atoms with van der Waals surface area (Å²) in [7, 11) is -3.28. The van der Waals surface area contributed by atoms with Crippen LogP contribution >= 0.6 is 0 Å². The summed E-state index contributed by atoms with van der Waals surface area (Å²) in [5.41, 5.74) is 10.6. The van der Waals surface area contributed by atoms with Crippen molar-refractivity contribution in [3.8, 4) is 11.1 Å². The quantitative estimate of drug-likeness (QED) is 0.354. The van der Waals surface area contributed by atoms with Gasteiger partial charge in [-0.05, 0) is 54.3 Å². The molecular weight excluding hydrogens is 462 g/mol. The van der Waals surface area contributed by atoms with Crippen LogP contribution in [0.3, 0.4) is 0 Å². The second kappa shape index (κ2) is 7.89. The lowest BCUT2D eigenvalue weighted by Crippen LogP contribution is -2.49. The fraction of sp³-hybridized carbons (Fsp3) is 0.240. The number of benzene rings is 2. The number of nitrogens with one attached hydrogen (secondary N) is 2. The molecule has 35 heavy (non-hydrogen) atoms. The van der Waals surface area contributed by atoms with Gasteiger partial charge in [0.15, 0.2) is 9.84 Å². The number of anilines is 1. The Morgan fingerprint density at radius 1 is 1.03 bits per heavy atom. The Morgan fingerprint density at radius 3 is 2.63 bits per heavy atom. The van der Waals surface area contributed by atoms with E-state index in [0.717, 1.165) is 70.8 Å². The zero-order chi connectivity index (χ0) is 24.2. The van der Waals surface area contributed by atoms with Gasteiger partial charge in [-0.25, -0.2) is 23.4 Å². The van der Waals surface area contributed by atoms with Crippen LogP contribution in [0.4, 0.5) is 5.82 Å². The van der Waals surface area contributed by atoms with E-state index in [1.54, 1.807) is 24.5 Å². The van der Waals surface area contributed by atoms with Crippen molar-refractivity contribution in [1.29, 1.82) is 0 Å². The Bertz CT molecular complexity index is 1660. The molecule has 0 amide bonds. The van der Waals surface area contributed by atoms with E-state index in [-0.39, 0.29) is 0 Å². The molecule has 1 fully saturated rings. The summed E-state index contributed by atoms with van der Waals surface area (Å²) in [6.45, 7) is 1.52. The first-order valence-electron chi connectivity index (χ1n) is 11.4. The van der Waals surface area contributed by atoms with Crippen LogP contribution < -0.4 is 10.6 Å². The first kappa shape index (κ1) is 21.8. The van der Waals surface area contributed by atoms with Gasteiger partial charge in [0.2, 0.25) is 0 Å². The van der Waals surface area contributed by atoms with Crippen molar-refractivity contribution in [2.24, 2.45) is 5.73 Å². The number of hydrogen-bond acceptors (Lipinski definition) is 7. The molecule has 0 radical (unpaired) electrons. The zero-order valence-electron chi connectivity index (χ0n) is 19.2. The molecule has 5 aromatic rings. The van der Waals surface area contributed by atoms with Gasteiger partial charge in [0.05, 0.1) is 26.9 Å². The van der Waals surface area contributed by atoms with E-state index in [1.807, 2.05) is 36.5 Å². The number of H-pyrrole nitrogens is 2. The fourth-order valence-electron chi connectivity index (χ4n) is 4.79. The Labute approximate surface area is 202 Å². The van der Waals surface area contributed by atoms with Gasteiger partial charge in [0.1, 0.15) is 23.6 Å². The van der Waals surface area contributed by atoms with E-state index in [0.29, 0.717) is 4.90 Å². The number of fused-ring (bicyclic) bond motifs is 2. The van der Waals surface area contributed by atoms with Crippen molar-refractivity contribution >= 4 is 37.7 Å². The minimum atomic E-state index is -3.28. The SMILES string of the molecule is CS(=O)(=O)c1cccc(-c2ccc3[nH]c(C4(N)CCN(c5ncnc6[nH]ccc56)CC4)nc3c2)c1. The van der Waals surface area contributed by atoms with E-state index >= 15 is 0 Å². The zero-order valence-corrected chi connectivity index (χ0v) is 20.0. The average molecular weight is 488 g/mol. The lowest BCUT2D eigenvalue weighted by atomic mass is 9.88. The molecule has 6 rings (SSSR count). The van der Waals surface area contributed by atoms with Gasteiger partial charge in [-0.15, -0.1) is 0 Å². The Kier molecular flexibility index (Phi) is 4.90. The highest BCUT2D eigenvalue weighted by Gasteiger charge is 2.36. The Hall–Kier alpha value is -3.76. The molecule has 1 saturated heterocycles. The van der Waals surface area contributed by atoms with Crippen LogP contribution in [0, 0.1) is 0 Å². The number of nitrogens with two attached hydrogens (primary N) is 1. The third kappa shape index (κ3) is 3.84. The van der Waals surface area contributed by atoms with Gasteiger partial charge in [-0.2, -0.15) is 0 Å². The summed E-state index contributed by atoms with van der Waals surface area (Å²) in [6, 6.07) is 14.9. The predicted octanol–water partition coefficient (Wildman–Crippen LogP) is 3.36. The van der Waals surface area contributed by atoms with Crippen LogP contribution in [0.2, 0.25) is 0 Å². The first-order valence-corrected chi connectivity index (χ1v) is 13.3. The van der Waals surface area contributed by atoms with Gasteiger partial charge < -0.3 is 20.6 Å². The third-order valence-electron chi connectivity index (χ3n) is 6.84. The number of sulfone groups is 1. The highest BCUT2D eigenvalue weighted by molar-refractivity contribution is 7.90. The van der Waals surface area contributed by atoms with E-state index < -0.39 is 15.4 Å². The molecule has 9 nitrogen and oxygen atoms in total. The topological polar surface area (TPSA) is 134 Å². The molecule has 1 aliphatic heterocycles. The van der Waals surface area contributed by atoms with Crippen molar-refractivity contribution in [2.45, 2.75) is 23.3 Å². The van der Waals surface area contributed by atoms with Gasteiger partial charge in [-0.3, -0.25) is 0 Å². The molecule has 0 spiro atoms. The van der Waals surface area contributed by atoms with Crippen LogP contribution in [0.1, 0.15) is 18.7 Å². The summed E-state index contributed by atoms with van der Waals surface area (Å²) in [5.74, 6) is 1.69. The largest absolute Gasteiger partial charge is 0.356 e. The fourth-order valence-corrected chi connectivity index (χ4v) is 5.46. The molecule has 0 aliphatic carbocycles. The van der Waals surface area contributed by atoms with Crippen molar-refractivity contribution in [3.63, 3.8) is 0 Å². The molecule has 0 bridgehead atoms. The lowest BCUT2D eigenvalue weighted by Gasteiger charge is -2.38. The smallest absolute Gasteiger partial charge is 0.175 e. The number of aromatic nitrogens is 5.